The van der Waals surface area contributed by atoms with Crippen LogP contribution in [0.5, 0.6) is 5.75 Å². The molecule has 0 spiro atoms. The lowest BCUT2D eigenvalue weighted by Gasteiger charge is -2.34. The Bertz CT molecular complexity index is 1010. The van der Waals surface area contributed by atoms with E-state index in [9.17, 15) is 13.2 Å². The average Bonchev–Trinajstić information content (AvgIpc) is 3.18. The third-order valence-corrected chi connectivity index (χ3v) is 4.88. The summed E-state index contributed by atoms with van der Waals surface area (Å²) in [6.07, 6.45) is -2.92. The highest BCUT2D eigenvalue weighted by molar-refractivity contribution is 5.88. The van der Waals surface area contributed by atoms with Gasteiger partial charge in [-0.15, -0.1) is 0 Å². The molecule has 0 fully saturated rings. The number of benzene rings is 1. The van der Waals surface area contributed by atoms with Gasteiger partial charge in [0.05, 0.1) is 11.4 Å². The molecule has 10 heteroatoms. The Morgan fingerprint density at radius 2 is 2.07 bits per heavy atom. The highest BCUT2D eigenvalue weighted by Gasteiger charge is 2.35. The summed E-state index contributed by atoms with van der Waals surface area (Å²) in [5.74, 6) is 0.987. The number of aromatic amines is 1. The number of hydrogen-bond acceptors (Lipinski definition) is 6. The average molecular weight is 422 g/mol. The fraction of sp³-hybridized carbons (Fsp3) is 0.400. The third-order valence-electron chi connectivity index (χ3n) is 4.88. The van der Waals surface area contributed by atoms with Gasteiger partial charge in [-0.1, -0.05) is 18.2 Å². The second-order valence-corrected chi connectivity index (χ2v) is 6.89. The molecule has 0 radical (unpaired) electrons. The van der Waals surface area contributed by atoms with E-state index in [1.54, 1.807) is 7.11 Å². The lowest BCUT2D eigenvalue weighted by Crippen LogP contribution is -2.38. The molecule has 2 N–H and O–H groups in total. The summed E-state index contributed by atoms with van der Waals surface area (Å²) in [4.78, 5) is 10.4. The van der Waals surface area contributed by atoms with E-state index >= 15 is 0 Å². The van der Waals surface area contributed by atoms with Crippen LogP contribution in [-0.4, -0.2) is 48.0 Å². The van der Waals surface area contributed by atoms with Crippen molar-refractivity contribution in [3.05, 3.63) is 47.9 Å². The highest BCUT2D eigenvalue weighted by Crippen LogP contribution is 2.38. The van der Waals surface area contributed by atoms with Gasteiger partial charge in [-0.05, 0) is 18.6 Å². The van der Waals surface area contributed by atoms with Gasteiger partial charge >= 0.3 is 6.18 Å². The van der Waals surface area contributed by atoms with E-state index in [2.05, 4.69) is 20.3 Å². The van der Waals surface area contributed by atoms with Crippen molar-refractivity contribution in [2.24, 2.45) is 0 Å². The summed E-state index contributed by atoms with van der Waals surface area (Å²) >= 11 is 0. The summed E-state index contributed by atoms with van der Waals surface area (Å²) in [5.41, 5.74) is 0.0809. The molecular weight excluding hydrogens is 401 g/mol. The van der Waals surface area contributed by atoms with Gasteiger partial charge in [0.25, 0.3) is 0 Å². The van der Waals surface area contributed by atoms with Gasteiger partial charge in [-0.25, -0.2) is 9.97 Å². The number of rotatable bonds is 7. The SMILES string of the molecule is COCCCOC1COc2ccccc2C1Nc1ncnc2[nH]c(C(F)(F)F)cc12. The Labute approximate surface area is 170 Å². The Kier molecular flexibility index (Phi) is 5.78. The molecule has 0 aliphatic carbocycles. The van der Waals surface area contributed by atoms with Crippen LogP contribution in [0.25, 0.3) is 11.0 Å². The van der Waals surface area contributed by atoms with Gasteiger partial charge in [-0.3, -0.25) is 0 Å². The van der Waals surface area contributed by atoms with Crippen molar-refractivity contribution in [3.8, 4) is 5.75 Å². The molecule has 0 saturated carbocycles. The monoisotopic (exact) mass is 422 g/mol. The van der Waals surface area contributed by atoms with E-state index in [-0.39, 0.29) is 23.2 Å². The number of ether oxygens (including phenoxy) is 3. The molecule has 160 valence electrons. The number of nitrogens with one attached hydrogen (secondary N) is 2. The van der Waals surface area contributed by atoms with Gasteiger partial charge in [0, 0.05) is 25.9 Å². The largest absolute Gasteiger partial charge is 0.490 e. The van der Waals surface area contributed by atoms with Crippen molar-refractivity contribution in [2.45, 2.75) is 24.7 Å². The topological polar surface area (TPSA) is 81.3 Å². The second-order valence-electron chi connectivity index (χ2n) is 6.89. The van der Waals surface area contributed by atoms with Gasteiger partial charge < -0.3 is 24.5 Å². The zero-order chi connectivity index (χ0) is 21.1. The molecule has 1 aliphatic heterocycles. The lowest BCUT2D eigenvalue weighted by molar-refractivity contribution is -0.140. The number of aromatic nitrogens is 3. The van der Waals surface area contributed by atoms with E-state index in [4.69, 9.17) is 14.2 Å². The number of nitrogens with zero attached hydrogens (tertiary/aromatic N) is 2. The number of methoxy groups -OCH3 is 1. The minimum Gasteiger partial charge on any atom is -0.490 e. The molecule has 0 saturated heterocycles. The molecule has 0 bridgehead atoms. The van der Waals surface area contributed by atoms with E-state index in [1.807, 2.05) is 24.3 Å². The molecule has 7 nitrogen and oxygen atoms in total. The molecule has 1 aliphatic rings. The van der Waals surface area contributed by atoms with Crippen molar-refractivity contribution >= 4 is 16.9 Å². The van der Waals surface area contributed by atoms with Gasteiger partial charge in [0.15, 0.2) is 0 Å². The maximum atomic E-state index is 13.1. The van der Waals surface area contributed by atoms with Gasteiger partial charge in [0.1, 0.15) is 41.9 Å². The molecule has 0 amide bonds. The van der Waals surface area contributed by atoms with E-state index in [1.165, 1.54) is 6.33 Å². The second kappa shape index (κ2) is 8.49. The first-order valence-electron chi connectivity index (χ1n) is 9.47. The number of halogens is 3. The van der Waals surface area contributed by atoms with E-state index < -0.39 is 11.9 Å². The maximum Gasteiger partial charge on any atom is 0.431 e. The first-order chi connectivity index (χ1) is 14.5. The predicted molar refractivity (Wildman–Crippen MR) is 103 cm³/mol. The summed E-state index contributed by atoms with van der Waals surface area (Å²) in [6.45, 7) is 1.33. The number of para-hydroxylation sites is 1. The summed E-state index contributed by atoms with van der Waals surface area (Å²) in [7, 11) is 1.62. The Morgan fingerprint density at radius 3 is 2.87 bits per heavy atom. The van der Waals surface area contributed by atoms with Crippen LogP contribution in [0, 0.1) is 0 Å². The molecule has 2 unspecified atom stereocenters. The van der Waals surface area contributed by atoms with Crippen molar-refractivity contribution in [3.63, 3.8) is 0 Å². The molecule has 2 aromatic heterocycles. The summed E-state index contributed by atoms with van der Waals surface area (Å²) < 4.78 is 56.3. The van der Waals surface area contributed by atoms with Crippen LogP contribution in [0.1, 0.15) is 23.7 Å². The fourth-order valence-electron chi connectivity index (χ4n) is 3.45. The minimum atomic E-state index is -4.50. The van der Waals surface area contributed by atoms with Crippen LogP contribution >= 0.6 is 0 Å². The quantitative estimate of drug-likeness (QED) is 0.562. The highest BCUT2D eigenvalue weighted by atomic mass is 19.4. The zero-order valence-electron chi connectivity index (χ0n) is 16.2. The number of anilines is 1. The summed E-state index contributed by atoms with van der Waals surface area (Å²) in [5, 5.41) is 3.52. The molecule has 3 heterocycles. The number of hydrogen-bond donors (Lipinski definition) is 2. The Morgan fingerprint density at radius 1 is 1.23 bits per heavy atom. The van der Waals surface area contributed by atoms with Crippen molar-refractivity contribution in [1.29, 1.82) is 0 Å². The molecule has 1 aromatic carbocycles. The van der Waals surface area contributed by atoms with E-state index in [0.717, 1.165) is 11.6 Å². The van der Waals surface area contributed by atoms with Crippen LogP contribution in [0.3, 0.4) is 0 Å². The van der Waals surface area contributed by atoms with Crippen LogP contribution in [0.4, 0.5) is 19.0 Å². The van der Waals surface area contributed by atoms with Crippen LogP contribution in [-0.2, 0) is 15.7 Å². The smallest absolute Gasteiger partial charge is 0.431 e. The first kappa shape index (κ1) is 20.4. The van der Waals surface area contributed by atoms with Gasteiger partial charge in [-0.2, -0.15) is 13.2 Å². The summed E-state index contributed by atoms with van der Waals surface area (Å²) in [6, 6.07) is 8.13. The number of fused-ring (bicyclic) bond motifs is 2. The Balaban J connectivity index is 1.65. The van der Waals surface area contributed by atoms with Crippen molar-refractivity contribution in [1.82, 2.24) is 15.0 Å². The predicted octanol–water partition coefficient (Wildman–Crippen LogP) is 3.94. The standard InChI is InChI=1S/C20H21F3N4O3/c1-28-7-4-8-29-15-10-30-14-6-3-2-5-12(14)17(15)27-19-13-9-16(20(21,22)23)26-18(13)24-11-25-19/h2-3,5-6,9,11,15,17H,4,7-8,10H2,1H3,(H2,24,25,26,27). The number of alkyl halides is 3. The molecule has 2 atom stereocenters. The molecule has 4 rings (SSSR count). The molecule has 3 aromatic rings. The lowest BCUT2D eigenvalue weighted by atomic mass is 9.98. The van der Waals surface area contributed by atoms with Crippen molar-refractivity contribution in [2.75, 3.05) is 32.2 Å². The van der Waals surface area contributed by atoms with Crippen LogP contribution in [0.15, 0.2) is 36.7 Å². The van der Waals surface area contributed by atoms with Gasteiger partial charge in [0.2, 0.25) is 0 Å². The Hall–Kier alpha value is -2.85. The zero-order valence-corrected chi connectivity index (χ0v) is 16.2. The molecule has 30 heavy (non-hydrogen) atoms. The first-order valence-corrected chi connectivity index (χ1v) is 9.47. The maximum absolute atomic E-state index is 13.1. The third kappa shape index (κ3) is 4.19. The molecular formula is C20H21F3N4O3. The number of H-pyrrole nitrogens is 1. The normalized spacial score (nSPS) is 18.8. The minimum absolute atomic E-state index is 0.109. The van der Waals surface area contributed by atoms with Crippen LogP contribution < -0.4 is 10.1 Å². The van der Waals surface area contributed by atoms with E-state index in [0.29, 0.717) is 37.8 Å². The van der Waals surface area contributed by atoms with Crippen LogP contribution in [0.2, 0.25) is 0 Å². The van der Waals surface area contributed by atoms with Crippen molar-refractivity contribution < 1.29 is 27.4 Å². The fourth-order valence-corrected chi connectivity index (χ4v) is 3.45.